The summed E-state index contributed by atoms with van der Waals surface area (Å²) >= 11 is 6.54. The molecule has 0 aliphatic heterocycles. The highest BCUT2D eigenvalue weighted by atomic mass is 79.9. The Bertz CT molecular complexity index is 56.4. The molecule has 0 fully saturated rings. The van der Waals surface area contributed by atoms with Crippen molar-refractivity contribution in [2.75, 3.05) is 0 Å². The van der Waals surface area contributed by atoms with Crippen LogP contribution in [0, 0.1) is 0 Å². The maximum Gasteiger partial charge on any atom is 0.0722 e. The molecular formula is C5H10Br2O. The van der Waals surface area contributed by atoms with E-state index in [-0.39, 0.29) is 9.84 Å². The van der Waals surface area contributed by atoms with Gasteiger partial charge in [0, 0.05) is 0 Å². The van der Waals surface area contributed by atoms with Crippen molar-refractivity contribution < 1.29 is 5.11 Å². The molecule has 3 heteroatoms. The van der Waals surface area contributed by atoms with Crippen LogP contribution in [0.4, 0.5) is 0 Å². The first-order valence-electron chi connectivity index (χ1n) is 2.63. The smallest absolute Gasteiger partial charge is 0.0722 e. The molecule has 0 aliphatic rings. The Kier molecular flexibility index (Phi) is 5.31. The molecule has 0 saturated heterocycles. The average molecular weight is 246 g/mol. The van der Waals surface area contributed by atoms with Gasteiger partial charge >= 0.3 is 0 Å². The van der Waals surface area contributed by atoms with Crippen LogP contribution < -0.4 is 0 Å². The summed E-state index contributed by atoms with van der Waals surface area (Å²) in [6, 6.07) is 0. The largest absolute Gasteiger partial charge is 0.393 e. The third-order valence-electron chi connectivity index (χ3n) is 0.921. The van der Waals surface area contributed by atoms with E-state index in [0.29, 0.717) is 0 Å². The molecular weight excluding hydrogens is 236 g/mol. The molecule has 0 aromatic rings. The molecule has 0 rings (SSSR count). The summed E-state index contributed by atoms with van der Waals surface area (Å²) in [5, 5.41) is 8.97. The molecule has 1 nitrogen and oxygen atoms in total. The number of halogens is 2. The molecule has 0 amide bonds. The fraction of sp³-hybridized carbons (Fsp3) is 1.00. The van der Waals surface area contributed by atoms with E-state index in [9.17, 15) is 0 Å². The van der Waals surface area contributed by atoms with Gasteiger partial charge in [-0.15, -0.1) is 0 Å². The van der Waals surface area contributed by atoms with Crippen LogP contribution >= 0.6 is 31.9 Å². The predicted molar refractivity (Wildman–Crippen MR) is 42.6 cm³/mol. The highest BCUT2D eigenvalue weighted by Crippen LogP contribution is 2.15. The fourth-order valence-electron chi connectivity index (χ4n) is 0.372. The summed E-state index contributed by atoms with van der Waals surface area (Å²) < 4.78 is 0.255. The van der Waals surface area contributed by atoms with Gasteiger partial charge in [0.2, 0.25) is 0 Å². The SMILES string of the molecule is CCC(O)CC(Br)Br. The van der Waals surface area contributed by atoms with E-state index in [2.05, 4.69) is 31.9 Å². The van der Waals surface area contributed by atoms with Gasteiger partial charge in [-0.05, 0) is 12.8 Å². The van der Waals surface area contributed by atoms with Crippen LogP contribution in [-0.4, -0.2) is 14.9 Å². The van der Waals surface area contributed by atoms with E-state index >= 15 is 0 Å². The lowest BCUT2D eigenvalue weighted by Crippen LogP contribution is -2.07. The number of hydrogen-bond acceptors (Lipinski definition) is 1. The van der Waals surface area contributed by atoms with Gasteiger partial charge in [0.25, 0.3) is 0 Å². The lowest BCUT2D eigenvalue weighted by molar-refractivity contribution is 0.166. The Labute approximate surface area is 66.7 Å². The van der Waals surface area contributed by atoms with Gasteiger partial charge in [0.15, 0.2) is 0 Å². The Hall–Kier alpha value is 0.920. The normalized spacial score (nSPS) is 14.6. The van der Waals surface area contributed by atoms with E-state index in [0.717, 1.165) is 12.8 Å². The third kappa shape index (κ3) is 5.06. The van der Waals surface area contributed by atoms with E-state index in [4.69, 9.17) is 5.11 Å². The van der Waals surface area contributed by atoms with Gasteiger partial charge in [-0.2, -0.15) is 0 Å². The lowest BCUT2D eigenvalue weighted by Gasteiger charge is -2.06. The van der Waals surface area contributed by atoms with Crippen molar-refractivity contribution in [3.05, 3.63) is 0 Å². The van der Waals surface area contributed by atoms with Gasteiger partial charge in [-0.1, -0.05) is 38.8 Å². The minimum atomic E-state index is -0.168. The first kappa shape index (κ1) is 8.92. The zero-order valence-corrected chi connectivity index (χ0v) is 7.94. The number of rotatable bonds is 3. The molecule has 0 aliphatic carbocycles. The van der Waals surface area contributed by atoms with Crippen molar-refractivity contribution in [3.8, 4) is 0 Å². The van der Waals surface area contributed by atoms with E-state index in [1.807, 2.05) is 6.92 Å². The van der Waals surface area contributed by atoms with Crippen molar-refractivity contribution in [2.24, 2.45) is 0 Å². The zero-order chi connectivity index (χ0) is 6.57. The molecule has 8 heavy (non-hydrogen) atoms. The van der Waals surface area contributed by atoms with Crippen LogP contribution in [0.1, 0.15) is 19.8 Å². The van der Waals surface area contributed by atoms with Crippen LogP contribution in [-0.2, 0) is 0 Å². The summed E-state index contributed by atoms with van der Waals surface area (Å²) in [5.74, 6) is 0. The Balaban J connectivity index is 3.10. The number of aliphatic hydroxyl groups excluding tert-OH is 1. The predicted octanol–water partition coefficient (Wildman–Crippen LogP) is 2.26. The summed E-state index contributed by atoms with van der Waals surface area (Å²) in [6.45, 7) is 1.97. The Morgan fingerprint density at radius 3 is 2.12 bits per heavy atom. The second kappa shape index (κ2) is 4.77. The second-order valence-corrected chi connectivity index (χ2v) is 5.13. The molecule has 0 saturated carbocycles. The molecule has 0 spiro atoms. The van der Waals surface area contributed by atoms with Crippen LogP contribution in [0.3, 0.4) is 0 Å². The minimum absolute atomic E-state index is 0.168. The zero-order valence-electron chi connectivity index (χ0n) is 4.77. The topological polar surface area (TPSA) is 20.2 Å². The fourth-order valence-corrected chi connectivity index (χ4v) is 1.24. The molecule has 0 bridgehead atoms. The number of hydrogen-bond donors (Lipinski definition) is 1. The summed E-state index contributed by atoms with van der Waals surface area (Å²) in [4.78, 5) is 0. The molecule has 1 unspecified atom stereocenters. The number of alkyl halides is 2. The molecule has 0 radical (unpaired) electrons. The average Bonchev–Trinajstić information content (AvgIpc) is 1.65. The van der Waals surface area contributed by atoms with Crippen molar-refractivity contribution >= 4 is 31.9 Å². The monoisotopic (exact) mass is 244 g/mol. The third-order valence-corrected chi connectivity index (χ3v) is 1.67. The van der Waals surface area contributed by atoms with Crippen molar-refractivity contribution in [3.63, 3.8) is 0 Å². The second-order valence-electron chi connectivity index (χ2n) is 1.69. The Morgan fingerprint density at radius 2 is 2.00 bits per heavy atom. The standard InChI is InChI=1S/C5H10Br2O/c1-2-4(8)3-5(6)7/h4-5,8H,2-3H2,1H3. The maximum atomic E-state index is 8.97. The summed E-state index contributed by atoms with van der Waals surface area (Å²) in [7, 11) is 0. The highest BCUT2D eigenvalue weighted by Gasteiger charge is 2.04. The Morgan fingerprint density at radius 1 is 1.50 bits per heavy atom. The minimum Gasteiger partial charge on any atom is -0.393 e. The highest BCUT2D eigenvalue weighted by molar-refractivity contribution is 9.24. The van der Waals surface area contributed by atoms with E-state index in [1.54, 1.807) is 0 Å². The van der Waals surface area contributed by atoms with Gasteiger partial charge in [-0.3, -0.25) is 0 Å². The van der Waals surface area contributed by atoms with E-state index in [1.165, 1.54) is 0 Å². The summed E-state index contributed by atoms with van der Waals surface area (Å²) in [5.41, 5.74) is 0. The van der Waals surface area contributed by atoms with Crippen LogP contribution in [0.15, 0.2) is 0 Å². The van der Waals surface area contributed by atoms with Crippen LogP contribution in [0.2, 0.25) is 0 Å². The van der Waals surface area contributed by atoms with Crippen molar-refractivity contribution in [1.82, 2.24) is 0 Å². The quantitative estimate of drug-likeness (QED) is 0.757. The maximum absolute atomic E-state index is 8.97. The number of aliphatic hydroxyl groups is 1. The van der Waals surface area contributed by atoms with Crippen LogP contribution in [0.25, 0.3) is 0 Å². The van der Waals surface area contributed by atoms with E-state index < -0.39 is 0 Å². The van der Waals surface area contributed by atoms with Gasteiger partial charge in [0.1, 0.15) is 0 Å². The van der Waals surface area contributed by atoms with Crippen molar-refractivity contribution in [2.45, 2.75) is 29.6 Å². The molecule has 50 valence electrons. The molecule has 0 heterocycles. The van der Waals surface area contributed by atoms with Gasteiger partial charge in [0.05, 0.1) is 9.84 Å². The van der Waals surface area contributed by atoms with Gasteiger partial charge in [-0.25, -0.2) is 0 Å². The summed E-state index contributed by atoms with van der Waals surface area (Å²) in [6.07, 6.45) is 1.43. The van der Waals surface area contributed by atoms with Gasteiger partial charge < -0.3 is 5.11 Å². The van der Waals surface area contributed by atoms with Crippen LogP contribution in [0.5, 0.6) is 0 Å². The van der Waals surface area contributed by atoms with Crippen molar-refractivity contribution in [1.29, 1.82) is 0 Å². The lowest BCUT2D eigenvalue weighted by atomic mass is 10.2. The first-order valence-corrected chi connectivity index (χ1v) is 4.46. The molecule has 1 atom stereocenters. The first-order chi connectivity index (χ1) is 3.66. The molecule has 1 N–H and O–H groups in total. The molecule has 0 aromatic heterocycles. The molecule has 0 aromatic carbocycles.